The second-order valence-corrected chi connectivity index (χ2v) is 21.2. The first-order valence-electron chi connectivity index (χ1n) is 18.9. The van der Waals surface area contributed by atoms with Gasteiger partial charge in [-0.15, -0.1) is 0 Å². The molecule has 0 bridgehead atoms. The molecule has 0 fully saturated rings. The number of halogens is 1. The maximum absolute atomic E-state index is 7.18. The summed E-state index contributed by atoms with van der Waals surface area (Å²) in [5.41, 5.74) is 14.9. The molecule has 0 spiro atoms. The van der Waals surface area contributed by atoms with Crippen molar-refractivity contribution < 1.29 is 4.74 Å². The molecule has 2 unspecified atom stereocenters. The van der Waals surface area contributed by atoms with Crippen molar-refractivity contribution in [1.29, 1.82) is 0 Å². The van der Waals surface area contributed by atoms with Gasteiger partial charge in [-0.05, 0) is 103 Å². The third-order valence-corrected chi connectivity index (χ3v) is 15.6. The molecule has 6 rings (SSSR count). The van der Waals surface area contributed by atoms with Crippen LogP contribution < -0.4 is 9.92 Å². The molecule has 0 saturated carbocycles. The number of rotatable bonds is 11. The number of ether oxygens (including phenoxy) is 1. The minimum absolute atomic E-state index is 0.0645. The zero-order valence-corrected chi connectivity index (χ0v) is 33.9. The molecule has 0 N–H and O–H groups in total. The predicted octanol–water partition coefficient (Wildman–Crippen LogP) is 13.8. The van der Waals surface area contributed by atoms with E-state index in [0.717, 1.165) is 18.6 Å². The lowest BCUT2D eigenvalue weighted by atomic mass is 9.87. The van der Waals surface area contributed by atoms with Crippen LogP contribution in [0.25, 0.3) is 33.4 Å². The second kappa shape index (κ2) is 14.6. The molecule has 0 amide bonds. The molecule has 0 heterocycles. The van der Waals surface area contributed by atoms with Crippen molar-refractivity contribution in [2.45, 2.75) is 97.2 Å². The highest BCUT2D eigenvalue weighted by Gasteiger charge is 2.45. The minimum atomic E-state index is -2.46. The van der Waals surface area contributed by atoms with E-state index in [-0.39, 0.29) is 11.0 Å². The zero-order valence-electron chi connectivity index (χ0n) is 32.2. The Kier molecular flexibility index (Phi) is 10.6. The summed E-state index contributed by atoms with van der Waals surface area (Å²) < 4.78 is 6.49. The van der Waals surface area contributed by atoms with E-state index in [4.69, 9.17) is 16.3 Å². The summed E-state index contributed by atoms with van der Waals surface area (Å²) in [4.78, 5) is 0. The summed E-state index contributed by atoms with van der Waals surface area (Å²) in [6, 6.07) is 37.0. The van der Waals surface area contributed by atoms with Gasteiger partial charge in [-0.3, -0.25) is 0 Å². The summed E-state index contributed by atoms with van der Waals surface area (Å²) in [5, 5.41) is 1.95. The van der Waals surface area contributed by atoms with Gasteiger partial charge >= 0.3 is 0 Å². The van der Waals surface area contributed by atoms with Crippen molar-refractivity contribution in [2.75, 3.05) is 6.61 Å². The Bertz CT molecular complexity index is 1960. The Labute approximate surface area is 313 Å². The molecule has 5 aromatic carbocycles. The molecule has 0 radical (unpaired) electrons. The Balaban J connectivity index is 1.63. The number of fused-ring (bicyclic) bond motifs is 3. The minimum Gasteiger partial charge on any atom is -0.488 e. The normalized spacial score (nSPS) is 15.2. The Hall–Kier alpha value is -3.85. The molecule has 51 heavy (non-hydrogen) atoms. The van der Waals surface area contributed by atoms with E-state index in [0.29, 0.717) is 23.5 Å². The van der Waals surface area contributed by atoms with Crippen LogP contribution in [0.3, 0.4) is 0 Å². The Morgan fingerprint density at radius 2 is 1.22 bits per heavy atom. The average Bonchev–Trinajstić information content (AvgIpc) is 3.46. The second-order valence-electron chi connectivity index (χ2n) is 16.2. The molecule has 1 aliphatic carbocycles. The summed E-state index contributed by atoms with van der Waals surface area (Å²) in [6.45, 7) is 25.5. The van der Waals surface area contributed by atoms with E-state index < -0.39 is 8.07 Å². The topological polar surface area (TPSA) is 9.23 Å². The largest absolute Gasteiger partial charge is 0.488 e. The van der Waals surface area contributed by atoms with Crippen LogP contribution in [0.2, 0.25) is 18.1 Å². The van der Waals surface area contributed by atoms with Gasteiger partial charge in [-0.2, -0.15) is 0 Å². The van der Waals surface area contributed by atoms with Crippen molar-refractivity contribution in [2.24, 2.45) is 0 Å². The zero-order chi connectivity index (χ0) is 36.7. The quantitative estimate of drug-likeness (QED) is 0.0979. The molecular formula is C48H55ClOSi. The van der Waals surface area contributed by atoms with E-state index >= 15 is 0 Å². The van der Waals surface area contributed by atoms with Crippen molar-refractivity contribution in [1.82, 2.24) is 0 Å². The van der Waals surface area contributed by atoms with Crippen LogP contribution in [0.1, 0.15) is 107 Å². The van der Waals surface area contributed by atoms with E-state index in [1.54, 1.807) is 0 Å². The Morgan fingerprint density at radius 3 is 1.67 bits per heavy atom. The summed E-state index contributed by atoms with van der Waals surface area (Å²) >= 11 is 7.18. The number of hydrogen-bond donors (Lipinski definition) is 0. The third kappa shape index (κ3) is 6.90. The molecule has 0 saturated heterocycles. The average molecular weight is 712 g/mol. The lowest BCUT2D eigenvalue weighted by Gasteiger charge is -2.35. The molecule has 0 aliphatic heterocycles. The van der Waals surface area contributed by atoms with Crippen molar-refractivity contribution in [3.8, 4) is 39.1 Å². The fourth-order valence-electron chi connectivity index (χ4n) is 8.14. The molecule has 264 valence electrons. The fraction of sp³-hybridized carbons (Fsp3) is 0.333. The Morgan fingerprint density at radius 1 is 0.725 bits per heavy atom. The van der Waals surface area contributed by atoms with Gasteiger partial charge in [0.15, 0.2) is 0 Å². The van der Waals surface area contributed by atoms with Crippen molar-refractivity contribution in [3.05, 3.63) is 143 Å². The third-order valence-electron chi connectivity index (χ3n) is 11.5. The lowest BCUT2D eigenvalue weighted by molar-refractivity contribution is 0.366. The summed E-state index contributed by atoms with van der Waals surface area (Å²) in [5.74, 6) is 1.77. The van der Waals surface area contributed by atoms with Gasteiger partial charge in [-0.25, -0.2) is 0 Å². The summed E-state index contributed by atoms with van der Waals surface area (Å²) in [7, 11) is -2.46. The van der Waals surface area contributed by atoms with Crippen molar-refractivity contribution >= 4 is 24.9 Å². The molecule has 2 atom stereocenters. The molecule has 1 aliphatic rings. The van der Waals surface area contributed by atoms with Gasteiger partial charge in [0.05, 0.1) is 13.1 Å². The van der Waals surface area contributed by atoms with Crippen LogP contribution in [-0.4, -0.2) is 14.7 Å². The molecule has 5 aromatic rings. The number of benzene rings is 5. The standard InChI is InChI=1S/C48H55ClOSi/c1-11-26-50-46-44(49)29-35(48(6,7)8)30-45(46)51(9,10)47-42-27-33(38-20-16-14-18-36(38)31(4)12-2)22-24-40(42)41-25-23-34(28-43(41)47)39-21-17-15-19-37(39)32(5)13-3/h11,14-25,27-32,47H,1,12-13,26H2,2-10H3. The first kappa shape index (κ1) is 36.9. The van der Waals surface area contributed by atoms with Crippen LogP contribution in [0.15, 0.2) is 110 Å². The van der Waals surface area contributed by atoms with Crippen LogP contribution in [0.5, 0.6) is 5.75 Å². The van der Waals surface area contributed by atoms with Crippen LogP contribution in [0.4, 0.5) is 0 Å². The fourth-order valence-corrected chi connectivity index (χ4v) is 12.2. The van der Waals surface area contributed by atoms with E-state index in [1.165, 1.54) is 66.4 Å². The van der Waals surface area contributed by atoms with Gasteiger partial charge in [0.2, 0.25) is 0 Å². The predicted molar refractivity (Wildman–Crippen MR) is 225 cm³/mol. The SMILES string of the molecule is C=CCOc1c(Cl)cc(C(C)(C)C)cc1[Si](C)(C)C1c2cc(-c3ccccc3C(C)CC)ccc2-c2ccc(-c3ccccc3C(C)CC)cc21. The first-order chi connectivity index (χ1) is 24.3. The highest BCUT2D eigenvalue weighted by atomic mass is 35.5. The number of hydrogen-bond acceptors (Lipinski definition) is 1. The van der Waals surface area contributed by atoms with Crippen LogP contribution >= 0.6 is 11.6 Å². The smallest absolute Gasteiger partial charge is 0.137 e. The van der Waals surface area contributed by atoms with Gasteiger partial charge in [-0.1, -0.05) is 177 Å². The molecular weight excluding hydrogens is 656 g/mol. The molecule has 1 nitrogen and oxygen atoms in total. The van der Waals surface area contributed by atoms with E-state index in [1.807, 2.05) is 6.08 Å². The van der Waals surface area contributed by atoms with E-state index in [9.17, 15) is 0 Å². The summed E-state index contributed by atoms with van der Waals surface area (Å²) in [6.07, 6.45) is 4.03. The highest BCUT2D eigenvalue weighted by molar-refractivity contribution is 6.92. The molecule has 0 aromatic heterocycles. The highest BCUT2D eigenvalue weighted by Crippen LogP contribution is 2.52. The van der Waals surface area contributed by atoms with Gasteiger partial charge in [0.25, 0.3) is 0 Å². The maximum Gasteiger partial charge on any atom is 0.137 e. The van der Waals surface area contributed by atoms with Crippen LogP contribution in [0, 0.1) is 0 Å². The van der Waals surface area contributed by atoms with Gasteiger partial charge in [0, 0.05) is 5.54 Å². The lowest BCUT2D eigenvalue weighted by Crippen LogP contribution is -2.49. The van der Waals surface area contributed by atoms with Gasteiger partial charge in [0.1, 0.15) is 12.4 Å². The first-order valence-corrected chi connectivity index (χ1v) is 22.3. The molecule has 3 heteroatoms. The van der Waals surface area contributed by atoms with Crippen LogP contribution in [-0.2, 0) is 5.41 Å². The maximum atomic E-state index is 7.18. The van der Waals surface area contributed by atoms with Gasteiger partial charge < -0.3 is 4.74 Å². The monoisotopic (exact) mass is 710 g/mol. The van der Waals surface area contributed by atoms with E-state index in [2.05, 4.69) is 165 Å². The van der Waals surface area contributed by atoms with Crippen molar-refractivity contribution in [3.63, 3.8) is 0 Å².